The first-order valence-electron chi connectivity index (χ1n) is 8.60. The van der Waals surface area contributed by atoms with Gasteiger partial charge in [-0.1, -0.05) is 35.3 Å². The maximum atomic E-state index is 10.8. The number of nitro groups is 1. The minimum atomic E-state index is -0.474. The second kappa shape index (κ2) is 9.94. The maximum absolute atomic E-state index is 10.8. The molecular formula is C22H13Cl2IN2O3. The highest BCUT2D eigenvalue weighted by atomic mass is 127. The molecule has 0 unspecified atom stereocenters. The van der Waals surface area contributed by atoms with Gasteiger partial charge >= 0.3 is 0 Å². The summed E-state index contributed by atoms with van der Waals surface area (Å²) in [4.78, 5) is 10.3. The standard InChI is InChI=1S/C22H13Cl2IN2O3/c23-19-7-1-15(10-20(19)24)13-30-22-8-2-14(11-21(22)25)9-17(12-26)16-3-5-18(6-4-16)27(28)29/h1-11H,13H2/b17-9-. The third-order valence-electron chi connectivity index (χ3n) is 4.15. The summed E-state index contributed by atoms with van der Waals surface area (Å²) in [5.74, 6) is 0.702. The SMILES string of the molecule is N#C/C(=C/c1ccc(OCc2ccc(Cl)c(Cl)c2)c(I)c1)c1ccc([N+](=O)[O-])cc1. The van der Waals surface area contributed by atoms with Crippen LogP contribution in [-0.4, -0.2) is 4.92 Å². The van der Waals surface area contributed by atoms with Crippen molar-refractivity contribution in [3.63, 3.8) is 0 Å². The highest BCUT2D eigenvalue weighted by Gasteiger charge is 2.08. The molecule has 0 saturated heterocycles. The predicted molar refractivity (Wildman–Crippen MR) is 127 cm³/mol. The van der Waals surface area contributed by atoms with E-state index in [1.807, 2.05) is 24.3 Å². The van der Waals surface area contributed by atoms with Crippen LogP contribution in [0.3, 0.4) is 0 Å². The number of benzene rings is 3. The van der Waals surface area contributed by atoms with Crippen LogP contribution < -0.4 is 4.74 Å². The number of non-ortho nitro benzene ring substituents is 1. The Morgan fingerprint density at radius 3 is 2.43 bits per heavy atom. The molecule has 150 valence electrons. The fraction of sp³-hybridized carbons (Fsp3) is 0.0455. The molecule has 8 heteroatoms. The van der Waals surface area contributed by atoms with Crippen molar-refractivity contribution in [2.75, 3.05) is 0 Å². The number of hydrogen-bond acceptors (Lipinski definition) is 4. The zero-order valence-electron chi connectivity index (χ0n) is 15.3. The van der Waals surface area contributed by atoms with Crippen LogP contribution in [-0.2, 0) is 6.61 Å². The van der Waals surface area contributed by atoms with Crippen LogP contribution in [0.15, 0.2) is 60.7 Å². The van der Waals surface area contributed by atoms with Crippen molar-refractivity contribution in [2.45, 2.75) is 6.61 Å². The minimum absolute atomic E-state index is 0.0194. The molecule has 0 saturated carbocycles. The zero-order chi connectivity index (χ0) is 21.7. The van der Waals surface area contributed by atoms with Crippen LogP contribution in [0.25, 0.3) is 11.6 Å². The molecule has 0 aliphatic carbocycles. The van der Waals surface area contributed by atoms with Gasteiger partial charge in [0.25, 0.3) is 5.69 Å². The monoisotopic (exact) mass is 550 g/mol. The first-order chi connectivity index (χ1) is 14.4. The quantitative estimate of drug-likeness (QED) is 0.107. The summed E-state index contributed by atoms with van der Waals surface area (Å²) < 4.78 is 6.74. The van der Waals surface area contributed by atoms with Crippen molar-refractivity contribution < 1.29 is 9.66 Å². The topological polar surface area (TPSA) is 76.2 Å². The Balaban J connectivity index is 1.76. The molecule has 0 amide bonds. The van der Waals surface area contributed by atoms with Gasteiger partial charge in [-0.2, -0.15) is 5.26 Å². The molecule has 3 aromatic rings. The number of hydrogen-bond donors (Lipinski definition) is 0. The molecule has 5 nitrogen and oxygen atoms in total. The molecule has 0 aliphatic rings. The molecule has 0 bridgehead atoms. The lowest BCUT2D eigenvalue weighted by molar-refractivity contribution is -0.384. The number of nitrogens with zero attached hydrogens (tertiary/aromatic N) is 2. The van der Waals surface area contributed by atoms with Gasteiger partial charge in [-0.15, -0.1) is 0 Å². The highest BCUT2D eigenvalue weighted by Crippen LogP contribution is 2.27. The summed E-state index contributed by atoms with van der Waals surface area (Å²) in [5, 5.41) is 21.3. The number of halogens is 3. The third-order valence-corrected chi connectivity index (χ3v) is 5.74. The average molecular weight is 551 g/mol. The van der Waals surface area contributed by atoms with Crippen molar-refractivity contribution in [3.05, 3.63) is 101 Å². The van der Waals surface area contributed by atoms with E-state index in [0.29, 0.717) is 33.5 Å². The van der Waals surface area contributed by atoms with E-state index in [0.717, 1.165) is 14.7 Å². The lowest BCUT2D eigenvalue weighted by Crippen LogP contribution is -1.97. The normalized spacial score (nSPS) is 11.1. The Labute approximate surface area is 196 Å². The zero-order valence-corrected chi connectivity index (χ0v) is 19.0. The number of rotatable bonds is 6. The molecule has 3 rings (SSSR count). The summed E-state index contributed by atoms with van der Waals surface area (Å²) in [6, 6.07) is 18.9. The summed E-state index contributed by atoms with van der Waals surface area (Å²) >= 11 is 14.1. The molecule has 0 radical (unpaired) electrons. The van der Waals surface area contributed by atoms with Crippen LogP contribution in [0.2, 0.25) is 10.0 Å². The molecule has 0 N–H and O–H groups in total. The van der Waals surface area contributed by atoms with Crippen molar-refractivity contribution in [3.8, 4) is 11.8 Å². The molecule has 0 spiro atoms. The largest absolute Gasteiger partial charge is 0.488 e. The molecule has 0 aliphatic heterocycles. The van der Waals surface area contributed by atoms with Crippen LogP contribution in [0, 0.1) is 25.0 Å². The Bertz CT molecular complexity index is 1170. The van der Waals surface area contributed by atoms with E-state index in [-0.39, 0.29) is 5.69 Å². The number of allylic oxidation sites excluding steroid dienone is 1. The predicted octanol–water partition coefficient (Wildman–Crippen LogP) is 7.15. The Morgan fingerprint density at radius 2 is 1.83 bits per heavy atom. The van der Waals surface area contributed by atoms with Gasteiger partial charge in [0.2, 0.25) is 0 Å². The Hall–Kier alpha value is -2.60. The van der Waals surface area contributed by atoms with Gasteiger partial charge in [-0.05, 0) is 81.8 Å². The molecule has 0 fully saturated rings. The Kier molecular flexibility index (Phi) is 7.32. The second-order valence-electron chi connectivity index (χ2n) is 6.20. The van der Waals surface area contributed by atoms with Gasteiger partial charge in [0.1, 0.15) is 12.4 Å². The van der Waals surface area contributed by atoms with Crippen molar-refractivity contribution >= 4 is 63.1 Å². The van der Waals surface area contributed by atoms with Crippen molar-refractivity contribution in [2.24, 2.45) is 0 Å². The van der Waals surface area contributed by atoms with Crippen molar-refractivity contribution in [1.29, 1.82) is 5.26 Å². The van der Waals surface area contributed by atoms with Crippen LogP contribution in [0.1, 0.15) is 16.7 Å². The molecule has 0 atom stereocenters. The number of nitriles is 1. The van der Waals surface area contributed by atoms with E-state index < -0.39 is 4.92 Å². The summed E-state index contributed by atoms with van der Waals surface area (Å²) in [5.41, 5.74) is 2.71. The molecule has 3 aromatic carbocycles. The number of nitro benzene ring substituents is 1. The molecule has 0 heterocycles. The van der Waals surface area contributed by atoms with Crippen LogP contribution in [0.4, 0.5) is 5.69 Å². The highest BCUT2D eigenvalue weighted by molar-refractivity contribution is 14.1. The Morgan fingerprint density at radius 1 is 1.10 bits per heavy atom. The lowest BCUT2D eigenvalue weighted by Gasteiger charge is -2.10. The molecular weight excluding hydrogens is 538 g/mol. The minimum Gasteiger partial charge on any atom is -0.488 e. The molecule has 0 aromatic heterocycles. The van der Waals surface area contributed by atoms with E-state index in [2.05, 4.69) is 28.7 Å². The van der Waals surface area contributed by atoms with Gasteiger partial charge in [-0.3, -0.25) is 10.1 Å². The van der Waals surface area contributed by atoms with E-state index >= 15 is 0 Å². The number of ether oxygens (including phenoxy) is 1. The average Bonchev–Trinajstić information content (AvgIpc) is 2.74. The summed E-state index contributed by atoms with van der Waals surface area (Å²) in [6.45, 7) is 0.342. The van der Waals surface area contributed by atoms with Crippen LogP contribution >= 0.6 is 45.8 Å². The molecule has 30 heavy (non-hydrogen) atoms. The van der Waals surface area contributed by atoms with Gasteiger partial charge < -0.3 is 4.74 Å². The fourth-order valence-electron chi connectivity index (χ4n) is 2.62. The van der Waals surface area contributed by atoms with Gasteiger partial charge in [-0.25, -0.2) is 0 Å². The first-order valence-corrected chi connectivity index (χ1v) is 10.4. The van der Waals surface area contributed by atoms with Crippen molar-refractivity contribution in [1.82, 2.24) is 0 Å². The van der Waals surface area contributed by atoms with E-state index in [1.54, 1.807) is 30.3 Å². The van der Waals surface area contributed by atoms with E-state index in [4.69, 9.17) is 27.9 Å². The summed E-state index contributed by atoms with van der Waals surface area (Å²) in [6.07, 6.45) is 1.73. The van der Waals surface area contributed by atoms with E-state index in [1.165, 1.54) is 12.1 Å². The first kappa shape index (κ1) is 22.1. The lowest BCUT2D eigenvalue weighted by atomic mass is 10.0. The smallest absolute Gasteiger partial charge is 0.269 e. The van der Waals surface area contributed by atoms with Gasteiger partial charge in [0.05, 0.1) is 30.2 Å². The van der Waals surface area contributed by atoms with Gasteiger partial charge in [0, 0.05) is 12.1 Å². The fourth-order valence-corrected chi connectivity index (χ4v) is 3.64. The van der Waals surface area contributed by atoms with Gasteiger partial charge in [0.15, 0.2) is 0 Å². The third kappa shape index (κ3) is 5.51. The van der Waals surface area contributed by atoms with Crippen LogP contribution in [0.5, 0.6) is 5.75 Å². The summed E-state index contributed by atoms with van der Waals surface area (Å²) in [7, 11) is 0. The van der Waals surface area contributed by atoms with E-state index in [9.17, 15) is 15.4 Å². The maximum Gasteiger partial charge on any atom is 0.269 e. The second-order valence-corrected chi connectivity index (χ2v) is 8.18.